The summed E-state index contributed by atoms with van der Waals surface area (Å²) < 4.78 is 0. The van der Waals surface area contributed by atoms with Crippen LogP contribution in [0.2, 0.25) is 0 Å². The minimum absolute atomic E-state index is 0.0179. The fourth-order valence-corrected chi connectivity index (χ4v) is 3.01. The summed E-state index contributed by atoms with van der Waals surface area (Å²) in [5, 5.41) is 2.84. The fourth-order valence-electron chi connectivity index (χ4n) is 2.82. The Labute approximate surface area is 138 Å². The third kappa shape index (κ3) is 5.63. The van der Waals surface area contributed by atoms with Gasteiger partial charge in [0.25, 0.3) is 0 Å². The number of nitrogens with zero attached hydrogens (tertiary/aromatic N) is 1. The lowest BCUT2D eigenvalue weighted by Gasteiger charge is -2.26. The molecule has 0 aromatic rings. The third-order valence-corrected chi connectivity index (χ3v) is 4.33. The van der Waals surface area contributed by atoms with Gasteiger partial charge in [0.15, 0.2) is 5.78 Å². The molecule has 0 aliphatic carbocycles. The second kappa shape index (κ2) is 9.87. The molecule has 0 aromatic heterocycles. The standard InChI is InChI=1S/C16H28N2O3S/c1-3-4-5-7-13(12(2)19)17-16(21)14-8-6-10-18(14)15(20)9-11-22/h13-14,22H,3-11H2,1-2H3,(H,17,21). The van der Waals surface area contributed by atoms with E-state index in [1.54, 1.807) is 4.90 Å². The molecule has 1 saturated heterocycles. The van der Waals surface area contributed by atoms with Crippen LogP contribution in [-0.4, -0.2) is 46.9 Å². The van der Waals surface area contributed by atoms with E-state index in [4.69, 9.17) is 0 Å². The highest BCUT2D eigenvalue weighted by Crippen LogP contribution is 2.19. The van der Waals surface area contributed by atoms with Gasteiger partial charge in [-0.05, 0) is 31.9 Å². The normalized spacial score (nSPS) is 19.0. The SMILES string of the molecule is CCCCCC(NC(=O)C1CCCN1C(=O)CCS)C(C)=O. The quantitative estimate of drug-likeness (QED) is 0.502. The van der Waals surface area contributed by atoms with Crippen molar-refractivity contribution in [3.05, 3.63) is 0 Å². The molecule has 0 bridgehead atoms. The maximum Gasteiger partial charge on any atom is 0.243 e. The Morgan fingerprint density at radius 2 is 2.05 bits per heavy atom. The number of likely N-dealkylation sites (tertiary alicyclic amines) is 1. The highest BCUT2D eigenvalue weighted by molar-refractivity contribution is 7.80. The molecule has 5 nitrogen and oxygen atoms in total. The summed E-state index contributed by atoms with van der Waals surface area (Å²) in [5.74, 6) is 0.243. The summed E-state index contributed by atoms with van der Waals surface area (Å²) in [6.45, 7) is 4.23. The summed E-state index contributed by atoms with van der Waals surface area (Å²) in [6, 6.07) is -0.859. The maximum atomic E-state index is 12.4. The Hall–Kier alpha value is -1.04. The monoisotopic (exact) mass is 328 g/mol. The highest BCUT2D eigenvalue weighted by Gasteiger charge is 2.34. The molecule has 2 unspecified atom stereocenters. The molecule has 0 aromatic carbocycles. The van der Waals surface area contributed by atoms with Gasteiger partial charge in [-0.25, -0.2) is 0 Å². The summed E-state index contributed by atoms with van der Waals surface area (Å²) in [7, 11) is 0. The number of hydrogen-bond acceptors (Lipinski definition) is 4. The van der Waals surface area contributed by atoms with E-state index in [2.05, 4.69) is 24.9 Å². The van der Waals surface area contributed by atoms with E-state index in [1.165, 1.54) is 6.92 Å². The average molecular weight is 328 g/mol. The lowest BCUT2D eigenvalue weighted by atomic mass is 10.0. The average Bonchev–Trinajstić information content (AvgIpc) is 2.96. The number of ketones is 1. The van der Waals surface area contributed by atoms with Crippen molar-refractivity contribution < 1.29 is 14.4 Å². The smallest absolute Gasteiger partial charge is 0.243 e. The molecule has 1 rings (SSSR count). The number of thiol groups is 1. The van der Waals surface area contributed by atoms with Crippen LogP contribution < -0.4 is 5.32 Å². The van der Waals surface area contributed by atoms with Crippen LogP contribution in [-0.2, 0) is 14.4 Å². The first kappa shape index (κ1) is 19.0. The zero-order valence-electron chi connectivity index (χ0n) is 13.6. The van der Waals surface area contributed by atoms with Crippen LogP contribution in [0.1, 0.15) is 58.8 Å². The molecule has 0 radical (unpaired) electrons. The van der Waals surface area contributed by atoms with Gasteiger partial charge in [-0.1, -0.05) is 26.2 Å². The number of rotatable bonds is 9. The van der Waals surface area contributed by atoms with Crippen molar-refractivity contribution in [2.75, 3.05) is 12.3 Å². The number of Topliss-reactive ketones (excluding diaryl/α,β-unsaturated/α-hetero) is 1. The zero-order valence-corrected chi connectivity index (χ0v) is 14.5. The van der Waals surface area contributed by atoms with Crippen molar-refractivity contribution in [2.24, 2.45) is 0 Å². The fraction of sp³-hybridized carbons (Fsp3) is 0.812. The Bertz CT molecular complexity index is 401. The number of unbranched alkanes of at least 4 members (excludes halogenated alkanes) is 2. The van der Waals surface area contributed by atoms with Gasteiger partial charge < -0.3 is 10.2 Å². The van der Waals surface area contributed by atoms with E-state index >= 15 is 0 Å². The lowest BCUT2D eigenvalue weighted by molar-refractivity contribution is -0.139. The number of carbonyl (C=O) groups excluding carboxylic acids is 3. The van der Waals surface area contributed by atoms with Crippen molar-refractivity contribution in [2.45, 2.75) is 70.9 Å². The molecule has 1 N–H and O–H groups in total. The summed E-state index contributed by atoms with van der Waals surface area (Å²) in [5.41, 5.74) is 0. The number of amides is 2. The minimum atomic E-state index is -0.430. The van der Waals surface area contributed by atoms with Gasteiger partial charge in [0.1, 0.15) is 6.04 Å². The van der Waals surface area contributed by atoms with E-state index in [-0.39, 0.29) is 17.6 Å². The molecule has 0 saturated carbocycles. The van der Waals surface area contributed by atoms with Gasteiger partial charge in [-0.2, -0.15) is 12.6 Å². The molecule has 2 atom stereocenters. The molecule has 0 spiro atoms. The predicted molar refractivity (Wildman–Crippen MR) is 90.0 cm³/mol. The van der Waals surface area contributed by atoms with Crippen LogP contribution in [0.4, 0.5) is 0 Å². The molecular formula is C16H28N2O3S. The zero-order chi connectivity index (χ0) is 16.5. The first-order valence-electron chi connectivity index (χ1n) is 8.22. The summed E-state index contributed by atoms with van der Waals surface area (Å²) in [4.78, 5) is 37.8. The van der Waals surface area contributed by atoms with Crippen molar-refractivity contribution in [1.29, 1.82) is 0 Å². The molecule has 1 aliphatic heterocycles. The van der Waals surface area contributed by atoms with Gasteiger partial charge in [0, 0.05) is 13.0 Å². The van der Waals surface area contributed by atoms with Crippen LogP contribution in [0.15, 0.2) is 0 Å². The minimum Gasteiger partial charge on any atom is -0.345 e. The van der Waals surface area contributed by atoms with Gasteiger partial charge >= 0.3 is 0 Å². The lowest BCUT2D eigenvalue weighted by Crippen LogP contribution is -2.50. The van der Waals surface area contributed by atoms with Crippen LogP contribution in [0.25, 0.3) is 0 Å². The summed E-state index contributed by atoms with van der Waals surface area (Å²) in [6.07, 6.45) is 5.57. The largest absolute Gasteiger partial charge is 0.345 e. The third-order valence-electron chi connectivity index (χ3n) is 4.11. The van der Waals surface area contributed by atoms with Gasteiger partial charge in [-0.15, -0.1) is 0 Å². The molecule has 1 aliphatic rings. The Morgan fingerprint density at radius 3 is 2.64 bits per heavy atom. The number of carbonyl (C=O) groups is 3. The number of hydrogen-bond donors (Lipinski definition) is 2. The first-order valence-corrected chi connectivity index (χ1v) is 8.85. The number of nitrogens with one attached hydrogen (secondary N) is 1. The van der Waals surface area contributed by atoms with E-state index in [0.29, 0.717) is 31.6 Å². The Kier molecular flexibility index (Phi) is 8.53. The Morgan fingerprint density at radius 1 is 1.32 bits per heavy atom. The van der Waals surface area contributed by atoms with Gasteiger partial charge in [-0.3, -0.25) is 14.4 Å². The van der Waals surface area contributed by atoms with Crippen LogP contribution in [0, 0.1) is 0 Å². The molecule has 1 fully saturated rings. The molecule has 1 heterocycles. The van der Waals surface area contributed by atoms with E-state index < -0.39 is 12.1 Å². The second-order valence-electron chi connectivity index (χ2n) is 5.89. The van der Waals surface area contributed by atoms with E-state index in [0.717, 1.165) is 25.7 Å². The van der Waals surface area contributed by atoms with E-state index in [9.17, 15) is 14.4 Å². The van der Waals surface area contributed by atoms with Crippen LogP contribution in [0.3, 0.4) is 0 Å². The molecule has 126 valence electrons. The van der Waals surface area contributed by atoms with Crippen molar-refractivity contribution in [3.8, 4) is 0 Å². The molecule has 6 heteroatoms. The second-order valence-corrected chi connectivity index (χ2v) is 6.33. The first-order chi connectivity index (χ1) is 10.5. The van der Waals surface area contributed by atoms with Crippen molar-refractivity contribution >= 4 is 30.2 Å². The predicted octanol–water partition coefficient (Wildman–Crippen LogP) is 1.95. The van der Waals surface area contributed by atoms with E-state index in [1.807, 2.05) is 0 Å². The summed E-state index contributed by atoms with van der Waals surface area (Å²) >= 11 is 4.07. The van der Waals surface area contributed by atoms with Gasteiger partial charge in [0.2, 0.25) is 11.8 Å². The molecule has 22 heavy (non-hydrogen) atoms. The topological polar surface area (TPSA) is 66.5 Å². The molecule has 2 amide bonds. The highest BCUT2D eigenvalue weighted by atomic mass is 32.1. The van der Waals surface area contributed by atoms with Crippen molar-refractivity contribution in [3.63, 3.8) is 0 Å². The van der Waals surface area contributed by atoms with Crippen LogP contribution >= 0.6 is 12.6 Å². The van der Waals surface area contributed by atoms with Crippen LogP contribution in [0.5, 0.6) is 0 Å². The Balaban J connectivity index is 2.60. The van der Waals surface area contributed by atoms with Crippen molar-refractivity contribution in [1.82, 2.24) is 10.2 Å². The van der Waals surface area contributed by atoms with Gasteiger partial charge in [0.05, 0.1) is 6.04 Å². The maximum absolute atomic E-state index is 12.4. The molecular weight excluding hydrogens is 300 g/mol.